The van der Waals surface area contributed by atoms with E-state index in [1.165, 1.54) is 6.08 Å². The number of carbonyl (C=O) groups excluding carboxylic acids is 1. The van der Waals surface area contributed by atoms with E-state index in [0.29, 0.717) is 6.61 Å². The SMILES string of the molecule is C=CCCC=CC=CC(=O)OCC. The van der Waals surface area contributed by atoms with Crippen LogP contribution in [0.2, 0.25) is 0 Å². The van der Waals surface area contributed by atoms with E-state index in [2.05, 4.69) is 6.58 Å². The van der Waals surface area contributed by atoms with Crippen LogP contribution in [0.15, 0.2) is 37.0 Å². The fourth-order valence-electron chi connectivity index (χ4n) is 0.713. The van der Waals surface area contributed by atoms with Crippen molar-refractivity contribution in [3.8, 4) is 0 Å². The van der Waals surface area contributed by atoms with Crippen molar-refractivity contribution in [3.05, 3.63) is 37.0 Å². The Morgan fingerprint density at radius 2 is 2.15 bits per heavy atom. The van der Waals surface area contributed by atoms with E-state index in [1.54, 1.807) is 13.0 Å². The van der Waals surface area contributed by atoms with Gasteiger partial charge >= 0.3 is 5.97 Å². The van der Waals surface area contributed by atoms with E-state index in [1.807, 2.05) is 18.2 Å². The average Bonchev–Trinajstić information content (AvgIpc) is 2.11. The number of unbranched alkanes of at least 4 members (excludes halogenated alkanes) is 1. The summed E-state index contributed by atoms with van der Waals surface area (Å²) in [5.74, 6) is -0.295. The van der Waals surface area contributed by atoms with Gasteiger partial charge < -0.3 is 4.74 Å². The van der Waals surface area contributed by atoms with Crippen molar-refractivity contribution in [3.63, 3.8) is 0 Å². The third-order valence-corrected chi connectivity index (χ3v) is 1.30. The molecule has 2 nitrogen and oxygen atoms in total. The Kier molecular flexibility index (Phi) is 7.90. The zero-order chi connectivity index (χ0) is 9.94. The minimum Gasteiger partial charge on any atom is -0.463 e. The summed E-state index contributed by atoms with van der Waals surface area (Å²) < 4.78 is 4.69. The minimum absolute atomic E-state index is 0.295. The molecule has 0 N–H and O–H groups in total. The van der Waals surface area contributed by atoms with Gasteiger partial charge in [0.15, 0.2) is 0 Å². The van der Waals surface area contributed by atoms with Crippen molar-refractivity contribution >= 4 is 5.97 Å². The van der Waals surface area contributed by atoms with Crippen LogP contribution in [-0.4, -0.2) is 12.6 Å². The fraction of sp³-hybridized carbons (Fsp3) is 0.364. The Hall–Kier alpha value is -1.31. The molecule has 0 spiro atoms. The molecule has 0 atom stereocenters. The first-order valence-electron chi connectivity index (χ1n) is 4.42. The van der Waals surface area contributed by atoms with Crippen LogP contribution in [0.1, 0.15) is 19.8 Å². The van der Waals surface area contributed by atoms with Crippen molar-refractivity contribution in [2.24, 2.45) is 0 Å². The third kappa shape index (κ3) is 8.60. The second kappa shape index (κ2) is 8.78. The second-order valence-electron chi connectivity index (χ2n) is 2.41. The number of carbonyl (C=O) groups is 1. The lowest BCUT2D eigenvalue weighted by Gasteiger charge is -1.92. The first-order valence-corrected chi connectivity index (χ1v) is 4.42. The predicted octanol–water partition coefficient (Wildman–Crippen LogP) is 2.63. The lowest BCUT2D eigenvalue weighted by molar-refractivity contribution is -0.137. The highest BCUT2D eigenvalue weighted by atomic mass is 16.5. The van der Waals surface area contributed by atoms with Gasteiger partial charge in [-0.2, -0.15) is 0 Å². The molecule has 0 aromatic heterocycles. The maximum atomic E-state index is 10.8. The van der Waals surface area contributed by atoms with Gasteiger partial charge in [0.1, 0.15) is 0 Å². The van der Waals surface area contributed by atoms with E-state index in [9.17, 15) is 4.79 Å². The molecule has 0 bridgehead atoms. The van der Waals surface area contributed by atoms with Crippen molar-refractivity contribution in [1.29, 1.82) is 0 Å². The highest BCUT2D eigenvalue weighted by Gasteiger charge is 1.89. The summed E-state index contributed by atoms with van der Waals surface area (Å²) in [4.78, 5) is 10.8. The summed E-state index contributed by atoms with van der Waals surface area (Å²) in [6.07, 6.45) is 10.7. The van der Waals surface area contributed by atoms with Crippen LogP contribution < -0.4 is 0 Å². The minimum atomic E-state index is -0.295. The Morgan fingerprint density at radius 1 is 1.38 bits per heavy atom. The quantitative estimate of drug-likeness (QED) is 0.206. The Bertz CT molecular complexity index is 202. The Morgan fingerprint density at radius 3 is 2.77 bits per heavy atom. The van der Waals surface area contributed by atoms with Crippen molar-refractivity contribution < 1.29 is 9.53 Å². The molecule has 0 rings (SSSR count). The molecule has 13 heavy (non-hydrogen) atoms. The van der Waals surface area contributed by atoms with Crippen molar-refractivity contribution in [2.45, 2.75) is 19.8 Å². The van der Waals surface area contributed by atoms with E-state index < -0.39 is 0 Å². The first kappa shape index (κ1) is 11.7. The lowest BCUT2D eigenvalue weighted by atomic mass is 10.3. The normalized spacial score (nSPS) is 10.8. The summed E-state index contributed by atoms with van der Waals surface area (Å²) in [6.45, 7) is 5.81. The van der Waals surface area contributed by atoms with Crippen molar-refractivity contribution in [1.82, 2.24) is 0 Å². The highest BCUT2D eigenvalue weighted by Crippen LogP contribution is 1.91. The highest BCUT2D eigenvalue weighted by molar-refractivity contribution is 5.82. The zero-order valence-corrected chi connectivity index (χ0v) is 8.03. The smallest absolute Gasteiger partial charge is 0.330 e. The zero-order valence-electron chi connectivity index (χ0n) is 8.03. The van der Waals surface area contributed by atoms with Gasteiger partial charge in [-0.25, -0.2) is 4.79 Å². The largest absolute Gasteiger partial charge is 0.463 e. The molecule has 0 unspecified atom stereocenters. The lowest BCUT2D eigenvalue weighted by Crippen LogP contribution is -1.98. The van der Waals surface area contributed by atoms with Crippen LogP contribution in [0.25, 0.3) is 0 Å². The average molecular weight is 180 g/mol. The maximum Gasteiger partial charge on any atom is 0.330 e. The fourth-order valence-corrected chi connectivity index (χ4v) is 0.713. The summed E-state index contributed by atoms with van der Waals surface area (Å²) in [6, 6.07) is 0. The summed E-state index contributed by atoms with van der Waals surface area (Å²) in [7, 11) is 0. The van der Waals surface area contributed by atoms with Gasteiger partial charge in [0.2, 0.25) is 0 Å². The molecular weight excluding hydrogens is 164 g/mol. The topological polar surface area (TPSA) is 26.3 Å². The number of hydrogen-bond acceptors (Lipinski definition) is 2. The Labute approximate surface area is 79.6 Å². The van der Waals surface area contributed by atoms with Gasteiger partial charge in [-0.15, -0.1) is 6.58 Å². The molecule has 0 saturated carbocycles. The van der Waals surface area contributed by atoms with Crippen molar-refractivity contribution in [2.75, 3.05) is 6.61 Å². The second-order valence-corrected chi connectivity index (χ2v) is 2.41. The molecule has 0 amide bonds. The van der Waals surface area contributed by atoms with Crippen LogP contribution in [0, 0.1) is 0 Å². The maximum absolute atomic E-state index is 10.8. The summed E-state index contributed by atoms with van der Waals surface area (Å²) >= 11 is 0. The summed E-state index contributed by atoms with van der Waals surface area (Å²) in [5, 5.41) is 0. The van der Waals surface area contributed by atoms with E-state index in [4.69, 9.17) is 4.74 Å². The van der Waals surface area contributed by atoms with Crippen LogP contribution in [0.3, 0.4) is 0 Å². The van der Waals surface area contributed by atoms with Crippen LogP contribution in [-0.2, 0) is 9.53 Å². The Balaban J connectivity index is 3.54. The van der Waals surface area contributed by atoms with E-state index in [0.717, 1.165) is 12.8 Å². The molecule has 0 aliphatic rings. The molecule has 0 saturated heterocycles. The third-order valence-electron chi connectivity index (χ3n) is 1.30. The van der Waals surface area contributed by atoms with Gasteiger partial charge in [-0.1, -0.05) is 24.3 Å². The molecular formula is C11H16O2. The number of esters is 1. The molecule has 0 radical (unpaired) electrons. The number of rotatable bonds is 6. The molecule has 72 valence electrons. The van der Waals surface area contributed by atoms with Crippen LogP contribution in [0.4, 0.5) is 0 Å². The standard InChI is InChI=1S/C11H16O2/c1-3-5-6-7-8-9-10-11(12)13-4-2/h3,7-10H,1,4-6H2,2H3. The molecule has 0 aromatic rings. The molecule has 0 aliphatic heterocycles. The summed E-state index contributed by atoms with van der Waals surface area (Å²) in [5.41, 5.74) is 0. The monoisotopic (exact) mass is 180 g/mol. The number of allylic oxidation sites excluding steroid dienone is 4. The van der Waals surface area contributed by atoms with Crippen LogP contribution >= 0.6 is 0 Å². The molecule has 0 aliphatic carbocycles. The molecule has 0 heterocycles. The van der Waals surface area contributed by atoms with Gasteiger partial charge in [0.05, 0.1) is 6.61 Å². The first-order chi connectivity index (χ1) is 6.31. The molecule has 0 aromatic carbocycles. The van der Waals surface area contributed by atoms with E-state index in [-0.39, 0.29) is 5.97 Å². The van der Waals surface area contributed by atoms with Crippen LogP contribution in [0.5, 0.6) is 0 Å². The van der Waals surface area contributed by atoms with Gasteiger partial charge in [-0.3, -0.25) is 0 Å². The van der Waals surface area contributed by atoms with Gasteiger partial charge in [-0.05, 0) is 19.8 Å². The van der Waals surface area contributed by atoms with E-state index >= 15 is 0 Å². The van der Waals surface area contributed by atoms with Gasteiger partial charge in [0, 0.05) is 6.08 Å². The molecule has 2 heteroatoms. The number of ether oxygens (including phenoxy) is 1. The number of hydrogen-bond donors (Lipinski definition) is 0. The predicted molar refractivity (Wildman–Crippen MR) is 54.3 cm³/mol. The van der Waals surface area contributed by atoms with Gasteiger partial charge in [0.25, 0.3) is 0 Å². The molecule has 0 fully saturated rings.